The molecular weight excluding hydrogens is 233 g/mol. The molecule has 0 radical (unpaired) electrons. The summed E-state index contributed by atoms with van der Waals surface area (Å²) in [4.78, 5) is 3.77. The Morgan fingerprint density at radius 2 is 1.88 bits per heavy atom. The second kappa shape index (κ2) is 3.80. The summed E-state index contributed by atoms with van der Waals surface area (Å²) < 4.78 is 43.3. The molecule has 1 aromatic carbocycles. The van der Waals surface area contributed by atoms with E-state index in [-0.39, 0.29) is 23.0 Å². The number of nitrogen functional groups attached to an aromatic ring is 1. The summed E-state index contributed by atoms with van der Waals surface area (Å²) in [6.07, 6.45) is -4.43. The van der Waals surface area contributed by atoms with Crippen molar-refractivity contribution in [3.05, 3.63) is 35.6 Å². The predicted molar refractivity (Wildman–Crippen MR) is 56.1 cm³/mol. The molecule has 3 nitrogen and oxygen atoms in total. The Balaban J connectivity index is 2.64. The SMILES string of the molecule is Cc1oc(N)nc1-c1ccccc1C(F)(F)F. The van der Waals surface area contributed by atoms with Crippen molar-refractivity contribution >= 4 is 6.01 Å². The minimum absolute atomic E-state index is 0.0297. The van der Waals surface area contributed by atoms with Crippen LogP contribution < -0.4 is 5.73 Å². The molecule has 0 aliphatic rings. The molecule has 6 heteroatoms. The van der Waals surface area contributed by atoms with Crippen LogP contribution in [0.1, 0.15) is 11.3 Å². The van der Waals surface area contributed by atoms with Crippen LogP contribution in [-0.2, 0) is 6.18 Å². The summed E-state index contributed by atoms with van der Waals surface area (Å²) in [6.45, 7) is 1.52. The summed E-state index contributed by atoms with van der Waals surface area (Å²) in [6, 6.07) is 5.03. The number of nitrogens with zero attached hydrogens (tertiary/aromatic N) is 1. The van der Waals surface area contributed by atoms with Crippen molar-refractivity contribution in [2.24, 2.45) is 0 Å². The van der Waals surface area contributed by atoms with E-state index in [0.29, 0.717) is 0 Å². The molecule has 17 heavy (non-hydrogen) atoms. The van der Waals surface area contributed by atoms with Crippen LogP contribution in [0.2, 0.25) is 0 Å². The van der Waals surface area contributed by atoms with Gasteiger partial charge in [-0.2, -0.15) is 18.2 Å². The topological polar surface area (TPSA) is 52.0 Å². The highest BCUT2D eigenvalue weighted by Crippen LogP contribution is 2.37. The van der Waals surface area contributed by atoms with Gasteiger partial charge in [-0.05, 0) is 13.0 Å². The maximum Gasteiger partial charge on any atom is 0.417 e. The Bertz CT molecular complexity index is 546. The van der Waals surface area contributed by atoms with Gasteiger partial charge in [0.25, 0.3) is 6.01 Å². The van der Waals surface area contributed by atoms with Gasteiger partial charge in [0.1, 0.15) is 11.5 Å². The van der Waals surface area contributed by atoms with E-state index in [1.807, 2.05) is 0 Å². The molecule has 0 atom stereocenters. The third-order valence-corrected chi connectivity index (χ3v) is 2.30. The van der Waals surface area contributed by atoms with Gasteiger partial charge in [0.15, 0.2) is 0 Å². The van der Waals surface area contributed by atoms with Gasteiger partial charge in [-0.25, -0.2) is 0 Å². The van der Waals surface area contributed by atoms with Crippen LogP contribution in [0.25, 0.3) is 11.3 Å². The van der Waals surface area contributed by atoms with Crippen molar-refractivity contribution in [2.45, 2.75) is 13.1 Å². The summed E-state index contributed by atoms with van der Waals surface area (Å²) >= 11 is 0. The lowest BCUT2D eigenvalue weighted by Gasteiger charge is -2.10. The average Bonchev–Trinajstić information content (AvgIpc) is 2.56. The summed E-state index contributed by atoms with van der Waals surface area (Å²) in [5.74, 6) is 0.263. The Morgan fingerprint density at radius 1 is 1.24 bits per heavy atom. The van der Waals surface area contributed by atoms with Crippen LogP contribution in [0.4, 0.5) is 19.2 Å². The minimum atomic E-state index is -4.43. The molecule has 0 fully saturated rings. The van der Waals surface area contributed by atoms with Gasteiger partial charge in [0.05, 0.1) is 5.56 Å². The summed E-state index contributed by atoms with van der Waals surface area (Å²) in [5.41, 5.74) is 4.65. The molecule has 1 aromatic heterocycles. The van der Waals surface area contributed by atoms with Crippen LogP contribution >= 0.6 is 0 Å². The van der Waals surface area contributed by atoms with Gasteiger partial charge in [0, 0.05) is 5.56 Å². The first-order valence-electron chi connectivity index (χ1n) is 4.79. The second-order valence-corrected chi connectivity index (χ2v) is 3.50. The first-order valence-corrected chi connectivity index (χ1v) is 4.79. The van der Waals surface area contributed by atoms with Crippen LogP contribution in [0.15, 0.2) is 28.7 Å². The van der Waals surface area contributed by atoms with E-state index in [4.69, 9.17) is 10.2 Å². The smallest absolute Gasteiger partial charge is 0.417 e. The molecule has 0 bridgehead atoms. The van der Waals surface area contributed by atoms with Crippen LogP contribution in [0.3, 0.4) is 0 Å². The Kier molecular flexibility index (Phi) is 2.57. The number of hydrogen-bond donors (Lipinski definition) is 1. The molecule has 0 aliphatic heterocycles. The molecule has 2 aromatic rings. The number of alkyl halides is 3. The minimum Gasteiger partial charge on any atom is -0.429 e. The quantitative estimate of drug-likeness (QED) is 0.835. The Hall–Kier alpha value is -1.98. The molecule has 90 valence electrons. The van der Waals surface area contributed by atoms with Crippen molar-refractivity contribution in [2.75, 3.05) is 5.73 Å². The molecule has 0 unspecified atom stereocenters. The molecule has 2 rings (SSSR count). The number of aryl methyl sites for hydroxylation is 1. The first kappa shape index (κ1) is 11.5. The molecule has 0 aliphatic carbocycles. The largest absolute Gasteiger partial charge is 0.429 e. The van der Waals surface area contributed by atoms with E-state index in [1.54, 1.807) is 0 Å². The van der Waals surface area contributed by atoms with Gasteiger partial charge < -0.3 is 10.2 Å². The number of halogens is 3. The van der Waals surface area contributed by atoms with Gasteiger partial charge >= 0.3 is 6.18 Å². The van der Waals surface area contributed by atoms with Crippen LogP contribution in [-0.4, -0.2) is 4.98 Å². The summed E-state index contributed by atoms with van der Waals surface area (Å²) in [7, 11) is 0. The van der Waals surface area contributed by atoms with Crippen LogP contribution in [0, 0.1) is 6.92 Å². The standard InChI is InChI=1S/C11H9F3N2O/c1-6-9(16-10(15)17-6)7-4-2-3-5-8(7)11(12,13)14/h2-5H,1H3,(H2,15,16). The Labute approximate surface area is 95.1 Å². The number of hydrogen-bond acceptors (Lipinski definition) is 3. The van der Waals surface area contributed by atoms with Gasteiger partial charge in [-0.15, -0.1) is 0 Å². The van der Waals surface area contributed by atoms with E-state index in [0.717, 1.165) is 6.07 Å². The van der Waals surface area contributed by atoms with Gasteiger partial charge in [-0.1, -0.05) is 18.2 Å². The monoisotopic (exact) mass is 242 g/mol. The lowest BCUT2D eigenvalue weighted by atomic mass is 10.0. The van der Waals surface area contributed by atoms with E-state index in [2.05, 4.69) is 4.98 Å². The lowest BCUT2D eigenvalue weighted by Crippen LogP contribution is -2.07. The highest BCUT2D eigenvalue weighted by atomic mass is 19.4. The van der Waals surface area contributed by atoms with Crippen molar-refractivity contribution in [3.8, 4) is 11.3 Å². The molecule has 2 N–H and O–H groups in total. The predicted octanol–water partition coefficient (Wildman–Crippen LogP) is 3.25. The normalized spacial score (nSPS) is 11.8. The number of aromatic nitrogens is 1. The number of nitrogens with two attached hydrogens (primary N) is 1. The zero-order chi connectivity index (χ0) is 12.6. The highest BCUT2D eigenvalue weighted by Gasteiger charge is 2.34. The number of benzene rings is 1. The second-order valence-electron chi connectivity index (χ2n) is 3.50. The third-order valence-electron chi connectivity index (χ3n) is 2.30. The van der Waals surface area contributed by atoms with E-state index in [1.165, 1.54) is 25.1 Å². The third kappa shape index (κ3) is 2.11. The molecular formula is C11H9F3N2O. The van der Waals surface area contributed by atoms with Crippen molar-refractivity contribution in [1.29, 1.82) is 0 Å². The fourth-order valence-corrected chi connectivity index (χ4v) is 1.60. The first-order chi connectivity index (χ1) is 7.89. The van der Waals surface area contributed by atoms with E-state index >= 15 is 0 Å². The lowest BCUT2D eigenvalue weighted by molar-refractivity contribution is -0.137. The number of anilines is 1. The maximum absolute atomic E-state index is 12.8. The molecule has 0 spiro atoms. The van der Waals surface area contributed by atoms with Crippen molar-refractivity contribution < 1.29 is 17.6 Å². The average molecular weight is 242 g/mol. The number of rotatable bonds is 1. The molecule has 0 saturated heterocycles. The molecule has 0 saturated carbocycles. The zero-order valence-electron chi connectivity index (χ0n) is 8.88. The Morgan fingerprint density at radius 3 is 2.41 bits per heavy atom. The molecule has 0 amide bonds. The van der Waals surface area contributed by atoms with Crippen molar-refractivity contribution in [3.63, 3.8) is 0 Å². The number of oxazole rings is 1. The fraction of sp³-hybridized carbons (Fsp3) is 0.182. The summed E-state index contributed by atoms with van der Waals surface area (Å²) in [5, 5.41) is 0. The van der Waals surface area contributed by atoms with Gasteiger partial charge in [0.2, 0.25) is 0 Å². The van der Waals surface area contributed by atoms with Gasteiger partial charge in [-0.3, -0.25) is 0 Å². The molecule has 1 heterocycles. The van der Waals surface area contributed by atoms with Crippen LogP contribution in [0.5, 0.6) is 0 Å². The highest BCUT2D eigenvalue weighted by molar-refractivity contribution is 5.67. The zero-order valence-corrected chi connectivity index (χ0v) is 8.88. The van der Waals surface area contributed by atoms with E-state index < -0.39 is 11.7 Å². The maximum atomic E-state index is 12.8. The van der Waals surface area contributed by atoms with Crippen molar-refractivity contribution in [1.82, 2.24) is 4.98 Å². The van der Waals surface area contributed by atoms with E-state index in [9.17, 15) is 13.2 Å². The fourth-order valence-electron chi connectivity index (χ4n) is 1.60.